The number of rotatable bonds is 4. The van der Waals surface area contributed by atoms with E-state index in [1.165, 1.54) is 0 Å². The molecule has 0 aromatic carbocycles. The molecule has 1 unspecified atom stereocenters. The molecule has 0 radical (unpaired) electrons. The molecule has 0 saturated carbocycles. The van der Waals surface area contributed by atoms with Gasteiger partial charge in [0.1, 0.15) is 0 Å². The van der Waals surface area contributed by atoms with Gasteiger partial charge in [0.15, 0.2) is 9.84 Å². The third-order valence-electron chi connectivity index (χ3n) is 2.94. The smallest absolute Gasteiger partial charge is 0.153 e. The maximum atomic E-state index is 11.6. The van der Waals surface area contributed by atoms with Gasteiger partial charge >= 0.3 is 0 Å². The largest absolute Gasteiger partial charge is 0.389 e. The average molecular weight is 235 g/mol. The minimum absolute atomic E-state index is 0.195. The van der Waals surface area contributed by atoms with E-state index in [1.807, 2.05) is 4.90 Å². The minimum Gasteiger partial charge on any atom is -0.389 e. The molecule has 1 atom stereocenters. The van der Waals surface area contributed by atoms with E-state index in [0.717, 1.165) is 13.0 Å². The number of sulfone groups is 1. The summed E-state index contributed by atoms with van der Waals surface area (Å²) in [6, 6.07) is 0. The number of hydrogen-bond donors (Lipinski definition) is 1. The number of nitrogens with zero attached hydrogens (tertiary/aromatic N) is 1. The van der Waals surface area contributed by atoms with Crippen LogP contribution in [0.15, 0.2) is 0 Å². The fraction of sp³-hybridized carbons (Fsp3) is 1.00. The standard InChI is InChI=1S/C10H21NO3S/c1-9(2)15(13,14)7-6-11-5-4-10(3,12)8-11/h9,12H,4-8H2,1-3H3. The van der Waals surface area contributed by atoms with Crippen LogP contribution >= 0.6 is 0 Å². The number of β-amino-alcohol motifs (C(OH)–C–C–N with tert-alkyl or cyclic N) is 1. The molecule has 0 bridgehead atoms. The van der Waals surface area contributed by atoms with Crippen LogP contribution in [-0.2, 0) is 9.84 Å². The van der Waals surface area contributed by atoms with Gasteiger partial charge in [-0.3, -0.25) is 4.90 Å². The molecular formula is C10H21NO3S. The predicted octanol–water partition coefficient (Wildman–Crippen LogP) is 0.266. The summed E-state index contributed by atoms with van der Waals surface area (Å²) in [5, 5.41) is 9.41. The molecule has 1 fully saturated rings. The van der Waals surface area contributed by atoms with Crippen molar-refractivity contribution in [3.05, 3.63) is 0 Å². The Labute approximate surface area is 92.2 Å². The van der Waals surface area contributed by atoms with Gasteiger partial charge in [0.05, 0.1) is 16.6 Å². The Balaban J connectivity index is 2.40. The normalized spacial score (nSPS) is 28.9. The summed E-state index contributed by atoms with van der Waals surface area (Å²) >= 11 is 0. The lowest BCUT2D eigenvalue weighted by atomic mass is 10.1. The van der Waals surface area contributed by atoms with Crippen molar-refractivity contribution in [1.29, 1.82) is 0 Å². The molecule has 1 saturated heterocycles. The summed E-state index contributed by atoms with van der Waals surface area (Å²) in [5.74, 6) is 0.195. The molecule has 0 spiro atoms. The fourth-order valence-electron chi connectivity index (χ4n) is 1.72. The molecule has 1 heterocycles. The summed E-state index contributed by atoms with van der Waals surface area (Å²) in [4.78, 5) is 2.01. The number of aliphatic hydroxyl groups is 1. The topological polar surface area (TPSA) is 57.6 Å². The quantitative estimate of drug-likeness (QED) is 0.760. The summed E-state index contributed by atoms with van der Waals surface area (Å²) in [6.07, 6.45) is 0.731. The Morgan fingerprint density at radius 2 is 2.07 bits per heavy atom. The third-order valence-corrected chi connectivity index (χ3v) is 5.13. The molecular weight excluding hydrogens is 214 g/mol. The second kappa shape index (κ2) is 4.39. The SMILES string of the molecule is CC(C)S(=O)(=O)CCN1CCC(C)(O)C1. The van der Waals surface area contributed by atoms with Gasteiger partial charge in [-0.2, -0.15) is 0 Å². The lowest BCUT2D eigenvalue weighted by Gasteiger charge is -2.19. The van der Waals surface area contributed by atoms with E-state index in [-0.39, 0.29) is 11.0 Å². The maximum Gasteiger partial charge on any atom is 0.153 e. The molecule has 15 heavy (non-hydrogen) atoms. The van der Waals surface area contributed by atoms with Gasteiger partial charge in [-0.25, -0.2) is 8.42 Å². The van der Waals surface area contributed by atoms with Gasteiger partial charge in [0, 0.05) is 19.6 Å². The second-order valence-electron chi connectivity index (χ2n) is 4.94. The molecule has 0 aromatic heterocycles. The van der Waals surface area contributed by atoms with Gasteiger partial charge in [-0.15, -0.1) is 0 Å². The van der Waals surface area contributed by atoms with E-state index in [2.05, 4.69) is 0 Å². The number of hydrogen-bond acceptors (Lipinski definition) is 4. The average Bonchev–Trinajstić information content (AvgIpc) is 2.42. The van der Waals surface area contributed by atoms with E-state index in [0.29, 0.717) is 13.1 Å². The first kappa shape index (κ1) is 12.9. The van der Waals surface area contributed by atoms with Gasteiger partial charge in [0.25, 0.3) is 0 Å². The fourth-order valence-corrected chi connectivity index (χ4v) is 2.71. The van der Waals surface area contributed by atoms with Crippen LogP contribution in [0.5, 0.6) is 0 Å². The highest BCUT2D eigenvalue weighted by atomic mass is 32.2. The molecule has 1 rings (SSSR count). The Kier molecular flexibility index (Phi) is 3.79. The van der Waals surface area contributed by atoms with E-state index >= 15 is 0 Å². The van der Waals surface area contributed by atoms with Crippen LogP contribution in [0.25, 0.3) is 0 Å². The third kappa shape index (κ3) is 3.74. The zero-order chi connectivity index (χ0) is 11.7. The Bertz CT molecular complexity index is 309. The van der Waals surface area contributed by atoms with E-state index in [9.17, 15) is 13.5 Å². The zero-order valence-corrected chi connectivity index (χ0v) is 10.5. The van der Waals surface area contributed by atoms with Crippen molar-refractivity contribution in [2.75, 3.05) is 25.4 Å². The van der Waals surface area contributed by atoms with Crippen LogP contribution in [0.1, 0.15) is 27.2 Å². The maximum absolute atomic E-state index is 11.6. The summed E-state index contributed by atoms with van der Waals surface area (Å²) in [7, 11) is -2.95. The second-order valence-corrected chi connectivity index (χ2v) is 7.62. The molecule has 0 aromatic rings. The van der Waals surface area contributed by atoms with E-state index in [4.69, 9.17) is 0 Å². The lowest BCUT2D eigenvalue weighted by Crippen LogP contribution is -2.33. The van der Waals surface area contributed by atoms with Crippen LogP contribution in [0, 0.1) is 0 Å². The van der Waals surface area contributed by atoms with Crippen molar-refractivity contribution in [1.82, 2.24) is 4.90 Å². The molecule has 4 nitrogen and oxygen atoms in total. The monoisotopic (exact) mass is 235 g/mol. The highest BCUT2D eigenvalue weighted by Crippen LogP contribution is 2.19. The first-order valence-electron chi connectivity index (χ1n) is 5.39. The molecule has 0 aliphatic carbocycles. The molecule has 1 aliphatic rings. The van der Waals surface area contributed by atoms with Crippen molar-refractivity contribution in [3.8, 4) is 0 Å². The molecule has 1 N–H and O–H groups in total. The Hall–Kier alpha value is -0.130. The first-order chi connectivity index (χ1) is 6.73. The van der Waals surface area contributed by atoms with Crippen LogP contribution in [0.3, 0.4) is 0 Å². The molecule has 5 heteroatoms. The molecule has 0 amide bonds. The van der Waals surface area contributed by atoms with E-state index in [1.54, 1.807) is 20.8 Å². The Morgan fingerprint density at radius 3 is 2.47 bits per heavy atom. The number of likely N-dealkylation sites (tertiary alicyclic amines) is 1. The minimum atomic E-state index is -2.95. The predicted molar refractivity (Wildman–Crippen MR) is 60.6 cm³/mol. The first-order valence-corrected chi connectivity index (χ1v) is 7.11. The molecule has 1 aliphatic heterocycles. The Morgan fingerprint density at radius 1 is 1.47 bits per heavy atom. The van der Waals surface area contributed by atoms with Crippen molar-refractivity contribution in [2.24, 2.45) is 0 Å². The van der Waals surface area contributed by atoms with Crippen molar-refractivity contribution >= 4 is 9.84 Å². The van der Waals surface area contributed by atoms with Crippen LogP contribution in [0.4, 0.5) is 0 Å². The van der Waals surface area contributed by atoms with Crippen LogP contribution < -0.4 is 0 Å². The van der Waals surface area contributed by atoms with E-state index < -0.39 is 15.4 Å². The lowest BCUT2D eigenvalue weighted by molar-refractivity contribution is 0.0696. The highest BCUT2D eigenvalue weighted by molar-refractivity contribution is 7.92. The highest BCUT2D eigenvalue weighted by Gasteiger charge is 2.31. The summed E-state index contributed by atoms with van der Waals surface area (Å²) in [6.45, 7) is 7.12. The van der Waals surface area contributed by atoms with Crippen molar-refractivity contribution in [2.45, 2.75) is 38.0 Å². The van der Waals surface area contributed by atoms with Gasteiger partial charge in [0.2, 0.25) is 0 Å². The summed E-state index contributed by atoms with van der Waals surface area (Å²) in [5.41, 5.74) is -0.637. The summed E-state index contributed by atoms with van der Waals surface area (Å²) < 4.78 is 23.1. The zero-order valence-electron chi connectivity index (χ0n) is 9.73. The van der Waals surface area contributed by atoms with Gasteiger partial charge < -0.3 is 5.11 Å². The van der Waals surface area contributed by atoms with Crippen LogP contribution in [0.2, 0.25) is 0 Å². The van der Waals surface area contributed by atoms with Gasteiger partial charge in [-0.1, -0.05) is 0 Å². The van der Waals surface area contributed by atoms with Crippen molar-refractivity contribution < 1.29 is 13.5 Å². The molecule has 90 valence electrons. The van der Waals surface area contributed by atoms with Crippen LogP contribution in [-0.4, -0.2) is 54.7 Å². The van der Waals surface area contributed by atoms with Gasteiger partial charge in [-0.05, 0) is 27.2 Å². The van der Waals surface area contributed by atoms with Crippen molar-refractivity contribution in [3.63, 3.8) is 0 Å².